The van der Waals surface area contributed by atoms with Crippen LogP contribution in [0.25, 0.3) is 0 Å². The third-order valence-corrected chi connectivity index (χ3v) is 4.31. The number of quaternary nitrogens is 1. The van der Waals surface area contributed by atoms with Gasteiger partial charge in [-0.15, -0.1) is 0 Å². The molecule has 1 aromatic rings. The quantitative estimate of drug-likeness (QED) is 0.599. The van der Waals surface area contributed by atoms with Gasteiger partial charge in [0.25, 0.3) is 0 Å². The monoisotopic (exact) mass is 320 g/mol. The minimum absolute atomic E-state index is 0.169. The summed E-state index contributed by atoms with van der Waals surface area (Å²) in [6, 6.07) is 6.03. The van der Waals surface area contributed by atoms with Gasteiger partial charge in [-0.05, 0) is 19.1 Å². The number of hydrogen-bond acceptors (Lipinski definition) is 3. The van der Waals surface area contributed by atoms with E-state index >= 15 is 0 Å². The number of imide groups is 2. The topological polar surface area (TPSA) is 62.1 Å². The molecule has 0 aromatic heterocycles. The van der Waals surface area contributed by atoms with Crippen LogP contribution in [0.2, 0.25) is 0 Å². The van der Waals surface area contributed by atoms with E-state index in [-0.39, 0.29) is 19.0 Å². The molecule has 0 spiro atoms. The Labute approximate surface area is 133 Å². The van der Waals surface area contributed by atoms with Gasteiger partial charge in [-0.1, -0.05) is 12.1 Å². The molecule has 7 heteroatoms. The summed E-state index contributed by atoms with van der Waals surface area (Å²) in [6.07, 6.45) is 2.05. The molecular formula is C16H19FN3O3+. The summed E-state index contributed by atoms with van der Waals surface area (Å²) >= 11 is 0. The van der Waals surface area contributed by atoms with E-state index in [9.17, 15) is 18.8 Å². The summed E-state index contributed by atoms with van der Waals surface area (Å²) in [7, 11) is 0. The Morgan fingerprint density at radius 1 is 1.09 bits per heavy atom. The van der Waals surface area contributed by atoms with Crippen LogP contribution >= 0.6 is 0 Å². The van der Waals surface area contributed by atoms with E-state index in [2.05, 4.69) is 0 Å². The Morgan fingerprint density at radius 2 is 1.70 bits per heavy atom. The van der Waals surface area contributed by atoms with Gasteiger partial charge in [0.2, 0.25) is 0 Å². The summed E-state index contributed by atoms with van der Waals surface area (Å²) < 4.78 is 13.0. The van der Waals surface area contributed by atoms with Crippen LogP contribution in [0.5, 0.6) is 0 Å². The maximum absolute atomic E-state index is 13.0. The smallest absolute Gasteiger partial charge is 0.311 e. The Kier molecular flexibility index (Phi) is 4.12. The predicted octanol–water partition coefficient (Wildman–Crippen LogP) is 0.141. The number of benzene rings is 1. The zero-order chi connectivity index (χ0) is 16.6. The largest absolute Gasteiger partial charge is 0.338 e. The van der Waals surface area contributed by atoms with E-state index < -0.39 is 17.8 Å². The second-order valence-corrected chi connectivity index (χ2v) is 5.96. The lowest BCUT2D eigenvalue weighted by molar-refractivity contribution is -0.931. The molecule has 122 valence electrons. The van der Waals surface area contributed by atoms with Crippen LogP contribution in [0.3, 0.4) is 0 Å². The third kappa shape index (κ3) is 3.10. The molecule has 2 aliphatic rings. The van der Waals surface area contributed by atoms with Gasteiger partial charge in [-0.3, -0.25) is 14.5 Å². The highest BCUT2D eigenvalue weighted by Crippen LogP contribution is 2.17. The van der Waals surface area contributed by atoms with E-state index in [0.717, 1.165) is 33.1 Å². The van der Waals surface area contributed by atoms with Gasteiger partial charge in [0.15, 0.2) is 6.67 Å². The molecule has 2 fully saturated rings. The Bertz CT molecular complexity index is 642. The molecule has 1 unspecified atom stereocenters. The van der Waals surface area contributed by atoms with Gasteiger partial charge < -0.3 is 4.90 Å². The van der Waals surface area contributed by atoms with E-state index in [0.29, 0.717) is 12.6 Å². The first kappa shape index (κ1) is 15.6. The SMILES string of the molecule is CCN1C(=O)C(=O)N(C[NH+](Cc2ccc(F)cc2)C2CC2)C1=O. The molecule has 1 atom stereocenters. The van der Waals surface area contributed by atoms with Crippen molar-refractivity contribution in [1.82, 2.24) is 9.80 Å². The molecule has 1 saturated carbocycles. The summed E-state index contributed by atoms with van der Waals surface area (Å²) in [5.74, 6) is -1.81. The minimum Gasteiger partial charge on any atom is -0.311 e. The predicted molar refractivity (Wildman–Crippen MR) is 78.6 cm³/mol. The Hall–Kier alpha value is -2.28. The van der Waals surface area contributed by atoms with Crippen LogP contribution in [-0.4, -0.2) is 46.9 Å². The number of likely N-dealkylation sites (N-methyl/N-ethyl adjacent to an activating group) is 1. The molecule has 3 rings (SSSR count). The molecule has 23 heavy (non-hydrogen) atoms. The van der Waals surface area contributed by atoms with Crippen molar-refractivity contribution in [2.75, 3.05) is 13.2 Å². The number of carbonyl (C=O) groups excluding carboxylic acids is 3. The zero-order valence-corrected chi connectivity index (χ0v) is 12.9. The highest BCUT2D eigenvalue weighted by molar-refractivity contribution is 6.44. The number of hydrogen-bond donors (Lipinski definition) is 1. The number of carbonyl (C=O) groups is 3. The minimum atomic E-state index is -0.755. The van der Waals surface area contributed by atoms with Crippen LogP contribution in [0, 0.1) is 5.82 Å². The average Bonchev–Trinajstić information content (AvgIpc) is 3.35. The van der Waals surface area contributed by atoms with Crippen molar-refractivity contribution in [3.05, 3.63) is 35.6 Å². The molecular weight excluding hydrogens is 301 g/mol. The van der Waals surface area contributed by atoms with E-state index in [1.165, 1.54) is 12.1 Å². The van der Waals surface area contributed by atoms with Crippen LogP contribution in [0.4, 0.5) is 9.18 Å². The fourth-order valence-corrected chi connectivity index (χ4v) is 2.86. The van der Waals surface area contributed by atoms with E-state index in [4.69, 9.17) is 0 Å². The summed E-state index contributed by atoms with van der Waals surface area (Å²) in [5.41, 5.74) is 0.936. The van der Waals surface area contributed by atoms with Crippen LogP contribution in [-0.2, 0) is 16.1 Å². The van der Waals surface area contributed by atoms with Gasteiger partial charge in [-0.25, -0.2) is 14.1 Å². The second-order valence-electron chi connectivity index (χ2n) is 5.96. The first-order valence-electron chi connectivity index (χ1n) is 7.77. The molecule has 0 bridgehead atoms. The van der Waals surface area contributed by atoms with E-state index in [1.807, 2.05) is 0 Å². The number of nitrogens with zero attached hydrogens (tertiary/aromatic N) is 2. The van der Waals surface area contributed by atoms with Gasteiger partial charge in [-0.2, -0.15) is 0 Å². The van der Waals surface area contributed by atoms with Crippen molar-refractivity contribution in [2.24, 2.45) is 0 Å². The highest BCUT2D eigenvalue weighted by atomic mass is 19.1. The number of urea groups is 1. The van der Waals surface area contributed by atoms with Gasteiger partial charge in [0.05, 0.1) is 6.04 Å². The van der Waals surface area contributed by atoms with E-state index in [1.54, 1.807) is 19.1 Å². The number of rotatable bonds is 6. The van der Waals surface area contributed by atoms with Crippen LogP contribution < -0.4 is 4.90 Å². The van der Waals surface area contributed by atoms with Crippen molar-refractivity contribution in [3.63, 3.8) is 0 Å². The first-order chi connectivity index (χ1) is 11.0. The van der Waals surface area contributed by atoms with Crippen molar-refractivity contribution in [2.45, 2.75) is 32.4 Å². The summed E-state index contributed by atoms with van der Waals surface area (Å²) in [6.45, 7) is 2.61. The summed E-state index contributed by atoms with van der Waals surface area (Å²) in [4.78, 5) is 39.0. The molecule has 6 nitrogen and oxygen atoms in total. The molecule has 1 aliphatic heterocycles. The Balaban J connectivity index is 1.73. The molecule has 1 aliphatic carbocycles. The molecule has 1 aromatic carbocycles. The van der Waals surface area contributed by atoms with Crippen LogP contribution in [0.15, 0.2) is 24.3 Å². The van der Waals surface area contributed by atoms with Gasteiger partial charge >= 0.3 is 17.8 Å². The van der Waals surface area contributed by atoms with Crippen molar-refractivity contribution < 1.29 is 23.7 Å². The zero-order valence-electron chi connectivity index (χ0n) is 12.9. The maximum atomic E-state index is 13.0. The molecule has 1 saturated heterocycles. The normalized spacial score (nSPS) is 19.7. The average molecular weight is 320 g/mol. The number of nitrogens with one attached hydrogen (secondary N) is 1. The molecule has 4 amide bonds. The second kappa shape index (κ2) is 6.08. The molecule has 1 heterocycles. The lowest BCUT2D eigenvalue weighted by atomic mass is 10.2. The van der Waals surface area contributed by atoms with Crippen molar-refractivity contribution in [3.8, 4) is 0 Å². The van der Waals surface area contributed by atoms with Crippen molar-refractivity contribution in [1.29, 1.82) is 0 Å². The number of amides is 4. The molecule has 0 radical (unpaired) electrons. The lowest BCUT2D eigenvalue weighted by Crippen LogP contribution is -3.13. The number of halogens is 1. The fraction of sp³-hybridized carbons (Fsp3) is 0.438. The van der Waals surface area contributed by atoms with Gasteiger partial charge in [0, 0.05) is 24.9 Å². The maximum Gasteiger partial charge on any atom is 0.338 e. The molecule has 1 N–H and O–H groups in total. The highest BCUT2D eigenvalue weighted by Gasteiger charge is 2.47. The summed E-state index contributed by atoms with van der Waals surface area (Å²) in [5, 5.41) is 0. The first-order valence-corrected chi connectivity index (χ1v) is 7.77. The fourth-order valence-electron chi connectivity index (χ4n) is 2.86. The van der Waals surface area contributed by atoms with Crippen LogP contribution in [0.1, 0.15) is 25.3 Å². The lowest BCUT2D eigenvalue weighted by Gasteiger charge is -2.23. The Morgan fingerprint density at radius 3 is 2.22 bits per heavy atom. The third-order valence-electron chi connectivity index (χ3n) is 4.31. The van der Waals surface area contributed by atoms with Crippen molar-refractivity contribution >= 4 is 17.8 Å². The standard InChI is InChI=1S/C16H18FN3O3/c1-2-19-14(21)15(22)20(16(19)23)10-18(13-7-8-13)9-11-3-5-12(17)6-4-11/h3-6,13H,2,7-10H2,1H3/p+1. The van der Waals surface area contributed by atoms with Gasteiger partial charge in [0.1, 0.15) is 12.4 Å².